The lowest BCUT2D eigenvalue weighted by molar-refractivity contribution is 0.239. The van der Waals surface area contributed by atoms with Crippen molar-refractivity contribution < 1.29 is 0 Å². The molecule has 0 aromatic carbocycles. The second-order valence-corrected chi connectivity index (χ2v) is 6.65. The lowest BCUT2D eigenvalue weighted by atomic mass is 9.77. The number of hydrogen-bond donors (Lipinski definition) is 1. The molecule has 0 amide bonds. The molecule has 1 nitrogen and oxygen atoms in total. The molecule has 0 spiro atoms. The van der Waals surface area contributed by atoms with E-state index < -0.39 is 0 Å². The van der Waals surface area contributed by atoms with E-state index in [-0.39, 0.29) is 0 Å². The number of hydrogen-bond acceptors (Lipinski definition) is 2. The normalized spacial score (nSPS) is 19.4. The summed E-state index contributed by atoms with van der Waals surface area (Å²) in [5, 5.41) is 3.46. The number of aryl methyl sites for hydroxylation is 1. The molecule has 1 heterocycles. The van der Waals surface area contributed by atoms with Crippen LogP contribution in [0.25, 0.3) is 0 Å². The number of thiophene rings is 1. The van der Waals surface area contributed by atoms with Crippen molar-refractivity contribution in [2.75, 3.05) is 7.05 Å². The topological polar surface area (TPSA) is 12.0 Å². The fraction of sp³-hybridized carbons (Fsp3) is 0.636. The Labute approximate surface area is 98.0 Å². The molecule has 0 radical (unpaired) electrons. The van der Waals surface area contributed by atoms with Gasteiger partial charge in [0.2, 0.25) is 0 Å². The highest BCUT2D eigenvalue weighted by Gasteiger charge is 2.28. The minimum Gasteiger partial charge on any atom is -0.313 e. The minimum atomic E-state index is 0.575. The van der Waals surface area contributed by atoms with Crippen LogP contribution >= 0.6 is 27.3 Å². The maximum absolute atomic E-state index is 3.56. The van der Waals surface area contributed by atoms with Crippen LogP contribution in [0.15, 0.2) is 9.85 Å². The van der Waals surface area contributed by atoms with E-state index in [9.17, 15) is 0 Å². The molecular weight excluding hydrogens is 258 g/mol. The highest BCUT2D eigenvalue weighted by Crippen LogP contribution is 2.41. The van der Waals surface area contributed by atoms with Gasteiger partial charge in [-0.05, 0) is 60.3 Å². The Hall–Kier alpha value is 0.140. The summed E-state index contributed by atoms with van der Waals surface area (Å²) in [5.41, 5.74) is 1.49. The van der Waals surface area contributed by atoms with Gasteiger partial charge in [-0.15, -0.1) is 11.3 Å². The van der Waals surface area contributed by atoms with Crippen LogP contribution in [-0.2, 0) is 0 Å². The Balaban J connectivity index is 2.21. The van der Waals surface area contributed by atoms with Gasteiger partial charge in [0.15, 0.2) is 0 Å². The van der Waals surface area contributed by atoms with Gasteiger partial charge in [-0.3, -0.25) is 0 Å². The largest absolute Gasteiger partial charge is 0.313 e. The van der Waals surface area contributed by atoms with Crippen molar-refractivity contribution >= 4 is 27.3 Å². The van der Waals surface area contributed by atoms with Gasteiger partial charge in [0, 0.05) is 10.9 Å². The molecule has 1 aliphatic carbocycles. The molecule has 1 atom stereocenters. The molecule has 1 aliphatic rings. The van der Waals surface area contributed by atoms with Crippen molar-refractivity contribution in [2.45, 2.75) is 32.2 Å². The second kappa shape index (κ2) is 4.33. The standard InChI is InChI=1S/C11H16BrNS/c1-7-9(6-10(12)14-7)11(13-2)8-4-3-5-8/h6,8,11,13H,3-5H2,1-2H3. The van der Waals surface area contributed by atoms with Crippen molar-refractivity contribution in [1.29, 1.82) is 0 Å². The first kappa shape index (κ1) is 10.7. The molecule has 2 rings (SSSR count). The van der Waals surface area contributed by atoms with Crippen molar-refractivity contribution in [2.24, 2.45) is 5.92 Å². The highest BCUT2D eigenvalue weighted by molar-refractivity contribution is 9.11. The van der Waals surface area contributed by atoms with E-state index in [0.29, 0.717) is 6.04 Å². The molecule has 78 valence electrons. The van der Waals surface area contributed by atoms with Crippen LogP contribution in [0.1, 0.15) is 35.7 Å². The van der Waals surface area contributed by atoms with Gasteiger partial charge in [-0.1, -0.05) is 6.42 Å². The molecule has 1 unspecified atom stereocenters. The van der Waals surface area contributed by atoms with Gasteiger partial charge in [-0.25, -0.2) is 0 Å². The summed E-state index contributed by atoms with van der Waals surface area (Å²) >= 11 is 5.40. The summed E-state index contributed by atoms with van der Waals surface area (Å²) in [6, 6.07) is 2.85. The van der Waals surface area contributed by atoms with Gasteiger partial charge in [0.1, 0.15) is 0 Å². The summed E-state index contributed by atoms with van der Waals surface area (Å²) in [4.78, 5) is 1.45. The fourth-order valence-electron chi connectivity index (χ4n) is 2.19. The lowest BCUT2D eigenvalue weighted by Crippen LogP contribution is -2.29. The zero-order valence-corrected chi connectivity index (χ0v) is 11.0. The van der Waals surface area contributed by atoms with Crippen LogP contribution < -0.4 is 5.32 Å². The summed E-state index contributed by atoms with van der Waals surface area (Å²) in [6.45, 7) is 2.22. The third kappa shape index (κ3) is 1.90. The summed E-state index contributed by atoms with van der Waals surface area (Å²) in [5.74, 6) is 0.861. The molecule has 1 aromatic rings. The molecule has 0 bridgehead atoms. The molecule has 1 N–H and O–H groups in total. The first-order valence-electron chi connectivity index (χ1n) is 5.15. The van der Waals surface area contributed by atoms with Crippen molar-refractivity contribution in [3.05, 3.63) is 20.3 Å². The van der Waals surface area contributed by atoms with Gasteiger partial charge >= 0.3 is 0 Å². The fourth-order valence-corrected chi connectivity index (χ4v) is 3.94. The quantitative estimate of drug-likeness (QED) is 0.882. The van der Waals surface area contributed by atoms with Gasteiger partial charge in [-0.2, -0.15) is 0 Å². The van der Waals surface area contributed by atoms with Crippen LogP contribution in [0.2, 0.25) is 0 Å². The monoisotopic (exact) mass is 273 g/mol. The Morgan fingerprint density at radius 1 is 1.57 bits per heavy atom. The zero-order valence-electron chi connectivity index (χ0n) is 8.64. The van der Waals surface area contributed by atoms with Crippen LogP contribution in [0.5, 0.6) is 0 Å². The molecule has 3 heteroatoms. The second-order valence-electron chi connectivity index (χ2n) is 4.02. The molecule has 1 aromatic heterocycles. The number of rotatable bonds is 3. The average Bonchev–Trinajstić information content (AvgIpc) is 2.37. The van der Waals surface area contributed by atoms with Gasteiger partial charge < -0.3 is 5.32 Å². The maximum Gasteiger partial charge on any atom is 0.0704 e. The highest BCUT2D eigenvalue weighted by atomic mass is 79.9. The minimum absolute atomic E-state index is 0.575. The maximum atomic E-state index is 3.56. The Kier molecular flexibility index (Phi) is 3.30. The summed E-state index contributed by atoms with van der Waals surface area (Å²) < 4.78 is 1.25. The van der Waals surface area contributed by atoms with Gasteiger partial charge in [0.05, 0.1) is 3.79 Å². The molecule has 0 aliphatic heterocycles. The lowest BCUT2D eigenvalue weighted by Gasteiger charge is -2.33. The van der Waals surface area contributed by atoms with Crippen molar-refractivity contribution in [3.8, 4) is 0 Å². The molecule has 14 heavy (non-hydrogen) atoms. The Bertz CT molecular complexity index is 317. The SMILES string of the molecule is CNC(c1cc(Br)sc1C)C1CCC1. The Morgan fingerprint density at radius 2 is 2.29 bits per heavy atom. The van der Waals surface area contributed by atoms with Crippen LogP contribution in [0.4, 0.5) is 0 Å². The Morgan fingerprint density at radius 3 is 2.64 bits per heavy atom. The van der Waals surface area contributed by atoms with E-state index in [1.165, 1.54) is 33.5 Å². The number of halogens is 1. The van der Waals surface area contributed by atoms with Crippen LogP contribution in [0.3, 0.4) is 0 Å². The van der Waals surface area contributed by atoms with Crippen LogP contribution in [0, 0.1) is 12.8 Å². The third-order valence-corrected chi connectivity index (χ3v) is 4.76. The van der Waals surface area contributed by atoms with Gasteiger partial charge in [0.25, 0.3) is 0 Å². The molecule has 1 fully saturated rings. The predicted molar refractivity (Wildman–Crippen MR) is 65.9 cm³/mol. The van der Waals surface area contributed by atoms with E-state index in [1.54, 1.807) is 0 Å². The van der Waals surface area contributed by atoms with E-state index in [0.717, 1.165) is 5.92 Å². The summed E-state index contributed by atoms with van der Waals surface area (Å²) in [6.07, 6.45) is 4.18. The average molecular weight is 274 g/mol. The third-order valence-electron chi connectivity index (χ3n) is 3.19. The number of nitrogens with one attached hydrogen (secondary N) is 1. The zero-order chi connectivity index (χ0) is 10.1. The predicted octanol–water partition coefficient (Wildman–Crippen LogP) is 3.88. The van der Waals surface area contributed by atoms with Crippen LogP contribution in [-0.4, -0.2) is 7.05 Å². The van der Waals surface area contributed by atoms with E-state index in [4.69, 9.17) is 0 Å². The first-order chi connectivity index (χ1) is 6.72. The van der Waals surface area contributed by atoms with E-state index in [2.05, 4.69) is 41.3 Å². The molecule has 1 saturated carbocycles. The molecular formula is C11H16BrNS. The van der Waals surface area contributed by atoms with Crippen molar-refractivity contribution in [1.82, 2.24) is 5.32 Å². The van der Waals surface area contributed by atoms with Crippen molar-refractivity contribution in [3.63, 3.8) is 0 Å². The van der Waals surface area contributed by atoms with E-state index >= 15 is 0 Å². The van der Waals surface area contributed by atoms with E-state index in [1.807, 2.05) is 11.3 Å². The first-order valence-corrected chi connectivity index (χ1v) is 6.76. The smallest absolute Gasteiger partial charge is 0.0704 e. The molecule has 0 saturated heterocycles. The summed E-state index contributed by atoms with van der Waals surface area (Å²) in [7, 11) is 2.08.